The maximum absolute atomic E-state index is 12.6. The fourth-order valence-corrected chi connectivity index (χ4v) is 3.33. The Morgan fingerprint density at radius 2 is 1.81 bits per heavy atom. The van der Waals surface area contributed by atoms with Crippen LogP contribution in [0.4, 0.5) is 17.1 Å². The number of nitrogens with zero attached hydrogens (tertiary/aromatic N) is 1. The van der Waals surface area contributed by atoms with Crippen LogP contribution in [0.25, 0.3) is 0 Å². The molecule has 3 rings (SSSR count). The predicted octanol–water partition coefficient (Wildman–Crippen LogP) is 3.79. The highest BCUT2D eigenvalue weighted by molar-refractivity contribution is 9.10. The topological polar surface area (TPSA) is 78.5 Å². The third-order valence-electron chi connectivity index (χ3n) is 4.35. The van der Waals surface area contributed by atoms with Crippen LogP contribution in [0.3, 0.4) is 0 Å². The van der Waals surface area contributed by atoms with Crippen molar-refractivity contribution < 1.29 is 14.4 Å². The first-order chi connectivity index (χ1) is 13.0. The second-order valence-corrected chi connectivity index (χ2v) is 7.27. The first kappa shape index (κ1) is 19.1. The molecule has 0 spiro atoms. The van der Waals surface area contributed by atoms with Gasteiger partial charge in [-0.05, 0) is 36.4 Å². The maximum atomic E-state index is 12.6. The predicted molar refractivity (Wildman–Crippen MR) is 109 cm³/mol. The molecular weight excluding hydrogens is 410 g/mol. The molecule has 1 aliphatic heterocycles. The van der Waals surface area contributed by atoms with Crippen LogP contribution in [0.15, 0.2) is 53.0 Å². The van der Waals surface area contributed by atoms with Gasteiger partial charge in [-0.25, -0.2) is 0 Å². The molecule has 2 N–H and O–H groups in total. The van der Waals surface area contributed by atoms with Gasteiger partial charge in [0.25, 0.3) is 0 Å². The summed E-state index contributed by atoms with van der Waals surface area (Å²) < 4.78 is 0.881. The van der Waals surface area contributed by atoms with Crippen LogP contribution in [0, 0.1) is 5.92 Å². The zero-order valence-electron chi connectivity index (χ0n) is 14.9. The number of carbonyl (C=O) groups excluding carboxylic acids is 3. The Morgan fingerprint density at radius 3 is 2.52 bits per heavy atom. The molecule has 2 aromatic rings. The fourth-order valence-electron chi connectivity index (χ4n) is 2.95. The molecule has 0 bridgehead atoms. The van der Waals surface area contributed by atoms with Gasteiger partial charge in [0.15, 0.2) is 0 Å². The number of halogens is 1. The molecule has 27 heavy (non-hydrogen) atoms. The molecule has 1 atom stereocenters. The van der Waals surface area contributed by atoms with E-state index < -0.39 is 5.92 Å². The lowest BCUT2D eigenvalue weighted by molar-refractivity contribution is -0.122. The van der Waals surface area contributed by atoms with E-state index in [1.807, 2.05) is 24.3 Å². The van der Waals surface area contributed by atoms with E-state index >= 15 is 0 Å². The second kappa shape index (κ2) is 8.35. The smallest absolute Gasteiger partial charge is 0.229 e. The van der Waals surface area contributed by atoms with Crippen LogP contribution in [-0.2, 0) is 14.4 Å². The minimum absolute atomic E-state index is 0.0720. The summed E-state index contributed by atoms with van der Waals surface area (Å²) in [6, 6.07) is 14.4. The molecule has 0 radical (unpaired) electrons. The summed E-state index contributed by atoms with van der Waals surface area (Å²) in [4.78, 5) is 38.1. The largest absolute Gasteiger partial charge is 0.326 e. The van der Waals surface area contributed by atoms with E-state index in [4.69, 9.17) is 0 Å². The molecule has 7 heteroatoms. The molecule has 3 amide bonds. The van der Waals surface area contributed by atoms with Crippen molar-refractivity contribution >= 4 is 50.7 Å². The molecule has 0 aromatic heterocycles. The lowest BCUT2D eigenvalue weighted by atomic mass is 10.1. The summed E-state index contributed by atoms with van der Waals surface area (Å²) in [7, 11) is 0. The van der Waals surface area contributed by atoms with Crippen LogP contribution in [0.5, 0.6) is 0 Å². The van der Waals surface area contributed by atoms with Crippen LogP contribution >= 0.6 is 15.9 Å². The Labute approximate surface area is 166 Å². The summed E-state index contributed by atoms with van der Waals surface area (Å²) in [6.07, 6.45) is 0.552. The zero-order valence-corrected chi connectivity index (χ0v) is 16.5. The molecular formula is C20H20BrN3O3. The maximum Gasteiger partial charge on any atom is 0.229 e. The van der Waals surface area contributed by atoms with Crippen molar-refractivity contribution in [1.82, 2.24) is 0 Å². The first-order valence-corrected chi connectivity index (χ1v) is 9.52. The van der Waals surface area contributed by atoms with Gasteiger partial charge in [-0.3, -0.25) is 14.4 Å². The highest BCUT2D eigenvalue weighted by atomic mass is 79.9. The van der Waals surface area contributed by atoms with Gasteiger partial charge in [-0.15, -0.1) is 0 Å². The van der Waals surface area contributed by atoms with Crippen LogP contribution in [0.1, 0.15) is 19.8 Å². The third kappa shape index (κ3) is 4.74. The molecule has 1 fully saturated rings. The summed E-state index contributed by atoms with van der Waals surface area (Å²) in [5.41, 5.74) is 1.98. The van der Waals surface area contributed by atoms with E-state index in [0.717, 1.165) is 10.2 Å². The average molecular weight is 430 g/mol. The number of hydrogen-bond acceptors (Lipinski definition) is 3. The molecule has 0 aliphatic carbocycles. The quantitative estimate of drug-likeness (QED) is 0.758. The number of anilines is 3. The Hall–Kier alpha value is -2.67. The van der Waals surface area contributed by atoms with E-state index in [0.29, 0.717) is 24.3 Å². The Balaban J connectivity index is 1.66. The molecule has 1 unspecified atom stereocenters. The molecule has 1 saturated heterocycles. The standard InChI is InChI=1S/C20H20BrN3O3/c1-2-18(25)22-15-6-4-7-16(11-15)23-20(27)13-9-19(26)24(12-13)17-8-3-5-14(21)10-17/h3-8,10-11,13H,2,9,12H2,1H3,(H,22,25)(H,23,27). The minimum atomic E-state index is -0.426. The fraction of sp³-hybridized carbons (Fsp3) is 0.250. The third-order valence-corrected chi connectivity index (χ3v) is 4.84. The summed E-state index contributed by atoms with van der Waals surface area (Å²) >= 11 is 3.40. The van der Waals surface area contributed by atoms with Gasteiger partial charge < -0.3 is 15.5 Å². The van der Waals surface area contributed by atoms with E-state index in [2.05, 4.69) is 26.6 Å². The van der Waals surface area contributed by atoms with E-state index in [9.17, 15) is 14.4 Å². The van der Waals surface area contributed by atoms with Gasteiger partial charge >= 0.3 is 0 Å². The van der Waals surface area contributed by atoms with Gasteiger partial charge in [-0.2, -0.15) is 0 Å². The minimum Gasteiger partial charge on any atom is -0.326 e. The monoisotopic (exact) mass is 429 g/mol. The SMILES string of the molecule is CCC(=O)Nc1cccc(NC(=O)C2CC(=O)N(c3cccc(Br)c3)C2)c1. The lowest BCUT2D eigenvalue weighted by Crippen LogP contribution is -2.28. The van der Waals surface area contributed by atoms with Crippen LogP contribution < -0.4 is 15.5 Å². The number of rotatable bonds is 5. The Bertz CT molecular complexity index is 884. The Morgan fingerprint density at radius 1 is 1.11 bits per heavy atom. The number of hydrogen-bond donors (Lipinski definition) is 2. The Kier molecular flexibility index (Phi) is 5.91. The normalized spacial score (nSPS) is 16.3. The summed E-state index contributed by atoms with van der Waals surface area (Å²) in [5.74, 6) is -0.799. The first-order valence-electron chi connectivity index (χ1n) is 8.73. The van der Waals surface area contributed by atoms with Crippen LogP contribution in [-0.4, -0.2) is 24.3 Å². The van der Waals surface area contributed by atoms with Crippen LogP contribution in [0.2, 0.25) is 0 Å². The van der Waals surface area contributed by atoms with E-state index in [1.54, 1.807) is 36.1 Å². The van der Waals surface area contributed by atoms with Gasteiger partial charge in [0.1, 0.15) is 0 Å². The molecule has 0 saturated carbocycles. The van der Waals surface area contributed by atoms with Gasteiger partial charge in [0, 0.05) is 40.9 Å². The summed E-state index contributed by atoms with van der Waals surface area (Å²) in [5, 5.41) is 5.60. The number of carbonyl (C=O) groups is 3. The highest BCUT2D eigenvalue weighted by Gasteiger charge is 2.35. The summed E-state index contributed by atoms with van der Waals surface area (Å²) in [6.45, 7) is 2.11. The average Bonchev–Trinajstić information content (AvgIpc) is 3.04. The van der Waals surface area contributed by atoms with Gasteiger partial charge in [-0.1, -0.05) is 35.0 Å². The number of amides is 3. The number of benzene rings is 2. The molecule has 1 aliphatic rings. The van der Waals surface area contributed by atoms with Crippen molar-refractivity contribution in [3.8, 4) is 0 Å². The molecule has 1 heterocycles. The van der Waals surface area contributed by atoms with Gasteiger partial charge in [0.05, 0.1) is 5.92 Å². The zero-order chi connectivity index (χ0) is 19.4. The highest BCUT2D eigenvalue weighted by Crippen LogP contribution is 2.28. The molecule has 140 valence electrons. The van der Waals surface area contributed by atoms with Crippen molar-refractivity contribution in [1.29, 1.82) is 0 Å². The second-order valence-electron chi connectivity index (χ2n) is 6.36. The van der Waals surface area contributed by atoms with Crippen molar-refractivity contribution in [2.45, 2.75) is 19.8 Å². The van der Waals surface area contributed by atoms with E-state index in [1.165, 1.54) is 0 Å². The lowest BCUT2D eigenvalue weighted by Gasteiger charge is -2.17. The van der Waals surface area contributed by atoms with Gasteiger partial charge in [0.2, 0.25) is 17.7 Å². The van der Waals surface area contributed by atoms with Crippen molar-refractivity contribution in [2.75, 3.05) is 22.1 Å². The molecule has 6 nitrogen and oxygen atoms in total. The van der Waals surface area contributed by atoms with Crippen molar-refractivity contribution in [3.63, 3.8) is 0 Å². The number of nitrogens with one attached hydrogen (secondary N) is 2. The molecule has 2 aromatic carbocycles. The van der Waals surface area contributed by atoms with Crippen molar-refractivity contribution in [3.05, 3.63) is 53.0 Å². The van der Waals surface area contributed by atoms with Crippen molar-refractivity contribution in [2.24, 2.45) is 5.92 Å². The van der Waals surface area contributed by atoms with E-state index in [-0.39, 0.29) is 24.1 Å².